The van der Waals surface area contributed by atoms with Crippen LogP contribution in [0.25, 0.3) is 0 Å². The van der Waals surface area contributed by atoms with Crippen molar-refractivity contribution in [3.63, 3.8) is 0 Å². The summed E-state index contributed by atoms with van der Waals surface area (Å²) in [7, 11) is 0. The molecule has 1 heterocycles. The van der Waals surface area contributed by atoms with Crippen LogP contribution in [0.4, 0.5) is 4.39 Å². The summed E-state index contributed by atoms with van der Waals surface area (Å²) >= 11 is 6.26. The molecule has 3 rings (SSSR count). The number of aryl methyl sites for hydroxylation is 1. The van der Waals surface area contributed by atoms with Gasteiger partial charge >= 0.3 is 0 Å². The smallest absolute Gasteiger partial charge is 0.174 e. The molecule has 0 aromatic heterocycles. The molecule has 0 radical (unpaired) electrons. The van der Waals surface area contributed by atoms with Crippen molar-refractivity contribution < 1.29 is 9.13 Å². The zero-order valence-electron chi connectivity index (χ0n) is 12.5. The van der Waals surface area contributed by atoms with Crippen molar-refractivity contribution in [2.45, 2.75) is 19.4 Å². The second-order valence-electron chi connectivity index (χ2n) is 5.71. The largest absolute Gasteiger partial charge is 0.481 e. The first kappa shape index (κ1) is 15.3. The van der Waals surface area contributed by atoms with E-state index in [0.29, 0.717) is 10.9 Å². The summed E-state index contributed by atoms with van der Waals surface area (Å²) < 4.78 is 20.2. The van der Waals surface area contributed by atoms with Gasteiger partial charge in [0.05, 0.1) is 5.02 Å². The summed E-state index contributed by atoms with van der Waals surface area (Å²) in [5.74, 6) is 0.0447. The van der Waals surface area contributed by atoms with Crippen molar-refractivity contribution in [2.24, 2.45) is 5.92 Å². The molecule has 22 heavy (non-hydrogen) atoms. The quantitative estimate of drug-likeness (QED) is 0.894. The molecular weight excluding hydrogens is 301 g/mol. The lowest BCUT2D eigenvalue weighted by Gasteiger charge is -2.26. The molecule has 0 amide bonds. The average molecular weight is 320 g/mol. The van der Waals surface area contributed by atoms with Gasteiger partial charge in [0.2, 0.25) is 0 Å². The number of rotatable bonds is 4. The highest BCUT2D eigenvalue weighted by Crippen LogP contribution is 2.38. The monoisotopic (exact) mass is 319 g/mol. The Morgan fingerprint density at radius 1 is 1.23 bits per heavy atom. The standard InChI is InChI=1S/C18H19ClFNO/c1-12-7-8-15(20)18(16(12)19)22-17(14-9-10-21-11-14)13-5-3-2-4-6-13/h2-8,14,17,21H,9-11H2,1H3/t14-,17?/m0/s1. The maximum atomic E-state index is 14.2. The summed E-state index contributed by atoms with van der Waals surface area (Å²) in [6, 6.07) is 13.0. The number of halogens is 2. The van der Waals surface area contributed by atoms with Gasteiger partial charge in [-0.2, -0.15) is 0 Å². The zero-order valence-corrected chi connectivity index (χ0v) is 13.2. The van der Waals surface area contributed by atoms with Gasteiger partial charge in [-0.15, -0.1) is 0 Å². The van der Waals surface area contributed by atoms with Gasteiger partial charge in [0.1, 0.15) is 6.10 Å². The predicted octanol–water partition coefficient (Wildman–Crippen LogP) is 4.52. The van der Waals surface area contributed by atoms with E-state index in [4.69, 9.17) is 16.3 Å². The van der Waals surface area contributed by atoms with Crippen LogP contribution < -0.4 is 10.1 Å². The van der Waals surface area contributed by atoms with Crippen LogP contribution >= 0.6 is 11.6 Å². The van der Waals surface area contributed by atoms with E-state index < -0.39 is 5.82 Å². The van der Waals surface area contributed by atoms with Gasteiger partial charge in [-0.25, -0.2) is 4.39 Å². The minimum absolute atomic E-state index is 0.155. The van der Waals surface area contributed by atoms with Crippen LogP contribution in [-0.4, -0.2) is 13.1 Å². The maximum Gasteiger partial charge on any atom is 0.174 e. The van der Waals surface area contributed by atoms with Crippen LogP contribution in [0.3, 0.4) is 0 Å². The molecule has 0 aliphatic carbocycles. The topological polar surface area (TPSA) is 21.3 Å². The van der Waals surface area contributed by atoms with Crippen molar-refractivity contribution in [1.82, 2.24) is 5.32 Å². The van der Waals surface area contributed by atoms with Crippen molar-refractivity contribution >= 4 is 11.6 Å². The molecule has 1 saturated heterocycles. The van der Waals surface area contributed by atoms with E-state index in [-0.39, 0.29) is 11.9 Å². The molecule has 116 valence electrons. The summed E-state index contributed by atoms with van der Waals surface area (Å²) in [5.41, 5.74) is 1.86. The summed E-state index contributed by atoms with van der Waals surface area (Å²) in [6.07, 6.45) is 0.801. The highest BCUT2D eigenvalue weighted by atomic mass is 35.5. The summed E-state index contributed by atoms with van der Waals surface area (Å²) in [5, 5.41) is 3.70. The van der Waals surface area contributed by atoms with Gasteiger partial charge in [0.25, 0.3) is 0 Å². The molecule has 2 atom stereocenters. The Morgan fingerprint density at radius 2 is 2.00 bits per heavy atom. The normalized spacial score (nSPS) is 19.1. The maximum absolute atomic E-state index is 14.2. The molecule has 1 aliphatic heterocycles. The first-order valence-electron chi connectivity index (χ1n) is 7.53. The Kier molecular flexibility index (Phi) is 4.65. The Morgan fingerprint density at radius 3 is 2.68 bits per heavy atom. The van der Waals surface area contributed by atoms with Crippen LogP contribution in [0.15, 0.2) is 42.5 Å². The summed E-state index contributed by atoms with van der Waals surface area (Å²) in [4.78, 5) is 0. The van der Waals surface area contributed by atoms with Gasteiger partial charge in [-0.1, -0.05) is 48.0 Å². The fourth-order valence-corrected chi connectivity index (χ4v) is 3.08. The van der Waals surface area contributed by atoms with E-state index in [9.17, 15) is 4.39 Å². The fraction of sp³-hybridized carbons (Fsp3) is 0.333. The van der Waals surface area contributed by atoms with Gasteiger partial charge in [0, 0.05) is 12.5 Å². The van der Waals surface area contributed by atoms with Crippen LogP contribution in [0, 0.1) is 18.7 Å². The molecule has 2 aromatic rings. The molecule has 1 aliphatic rings. The lowest BCUT2D eigenvalue weighted by atomic mass is 9.95. The van der Waals surface area contributed by atoms with Gasteiger partial charge < -0.3 is 10.1 Å². The first-order chi connectivity index (χ1) is 10.7. The Balaban J connectivity index is 1.95. The van der Waals surface area contributed by atoms with Crippen molar-refractivity contribution in [3.8, 4) is 5.75 Å². The molecule has 4 heteroatoms. The van der Waals surface area contributed by atoms with Crippen LogP contribution in [0.2, 0.25) is 5.02 Å². The Labute approximate surface area is 135 Å². The highest BCUT2D eigenvalue weighted by molar-refractivity contribution is 6.32. The minimum Gasteiger partial charge on any atom is -0.481 e. The third-order valence-electron chi connectivity index (χ3n) is 4.14. The lowest BCUT2D eigenvalue weighted by Crippen LogP contribution is -2.22. The van der Waals surface area contributed by atoms with E-state index in [0.717, 1.165) is 30.6 Å². The molecule has 0 spiro atoms. The van der Waals surface area contributed by atoms with Gasteiger partial charge in [-0.3, -0.25) is 0 Å². The molecule has 2 aromatic carbocycles. The number of hydrogen-bond donors (Lipinski definition) is 1. The predicted molar refractivity (Wildman–Crippen MR) is 86.9 cm³/mol. The molecule has 1 unspecified atom stereocenters. The van der Waals surface area contributed by atoms with Gasteiger partial charge in [-0.05, 0) is 37.1 Å². The average Bonchev–Trinajstić information content (AvgIpc) is 3.06. The third-order valence-corrected chi connectivity index (χ3v) is 4.61. The van der Waals surface area contributed by atoms with Crippen molar-refractivity contribution in [2.75, 3.05) is 13.1 Å². The Bertz CT molecular complexity index is 641. The summed E-state index contributed by atoms with van der Waals surface area (Å²) in [6.45, 7) is 3.68. The molecule has 0 bridgehead atoms. The Hall–Kier alpha value is -1.58. The van der Waals surface area contributed by atoms with Crippen LogP contribution in [0.5, 0.6) is 5.75 Å². The van der Waals surface area contributed by atoms with E-state index in [2.05, 4.69) is 5.32 Å². The second kappa shape index (κ2) is 6.67. The number of ether oxygens (including phenoxy) is 1. The van der Waals surface area contributed by atoms with Crippen molar-refractivity contribution in [3.05, 3.63) is 64.4 Å². The molecule has 1 fully saturated rings. The second-order valence-corrected chi connectivity index (χ2v) is 6.09. The third kappa shape index (κ3) is 3.11. The zero-order chi connectivity index (χ0) is 15.5. The van der Waals surface area contributed by atoms with Crippen molar-refractivity contribution in [1.29, 1.82) is 0 Å². The van der Waals surface area contributed by atoms with Crippen LogP contribution in [-0.2, 0) is 0 Å². The molecule has 1 N–H and O–H groups in total. The SMILES string of the molecule is Cc1ccc(F)c(OC(c2ccccc2)[C@H]2CCNC2)c1Cl. The first-order valence-corrected chi connectivity index (χ1v) is 7.91. The number of hydrogen-bond acceptors (Lipinski definition) is 2. The molecular formula is C18H19ClFNO. The van der Waals surface area contributed by atoms with E-state index in [1.165, 1.54) is 6.07 Å². The molecule has 0 saturated carbocycles. The van der Waals surface area contributed by atoms with E-state index in [1.807, 2.05) is 37.3 Å². The van der Waals surface area contributed by atoms with E-state index >= 15 is 0 Å². The highest BCUT2D eigenvalue weighted by Gasteiger charge is 2.29. The van der Waals surface area contributed by atoms with E-state index in [1.54, 1.807) is 6.07 Å². The lowest BCUT2D eigenvalue weighted by molar-refractivity contribution is 0.138. The molecule has 2 nitrogen and oxygen atoms in total. The number of nitrogens with one attached hydrogen (secondary N) is 1. The number of benzene rings is 2. The van der Waals surface area contributed by atoms with Gasteiger partial charge in [0.15, 0.2) is 11.6 Å². The minimum atomic E-state index is -0.414. The van der Waals surface area contributed by atoms with Crippen LogP contribution in [0.1, 0.15) is 23.7 Å². The fourth-order valence-electron chi connectivity index (χ4n) is 2.88.